The summed E-state index contributed by atoms with van der Waals surface area (Å²) in [5, 5.41) is 12.0. The molecule has 0 atom stereocenters. The van der Waals surface area contributed by atoms with Crippen molar-refractivity contribution in [1.82, 2.24) is 15.0 Å². The number of carbonyl (C=O) groups excluding carboxylic acids is 1. The summed E-state index contributed by atoms with van der Waals surface area (Å²) in [6, 6.07) is 18.7. The summed E-state index contributed by atoms with van der Waals surface area (Å²) in [5.74, 6) is 0.472. The Kier molecular flexibility index (Phi) is 4.99. The van der Waals surface area contributed by atoms with Gasteiger partial charge in [0.15, 0.2) is 0 Å². The Morgan fingerprint density at radius 1 is 0.966 bits per heavy atom. The minimum absolute atomic E-state index is 0.201. The zero-order chi connectivity index (χ0) is 20.4. The van der Waals surface area contributed by atoms with E-state index >= 15 is 0 Å². The molecule has 6 heteroatoms. The van der Waals surface area contributed by atoms with Crippen LogP contribution in [0.15, 0.2) is 60.7 Å². The Morgan fingerprint density at radius 2 is 1.79 bits per heavy atom. The van der Waals surface area contributed by atoms with Gasteiger partial charge >= 0.3 is 0 Å². The first-order chi connectivity index (χ1) is 14.0. The second kappa shape index (κ2) is 7.75. The zero-order valence-corrected chi connectivity index (χ0v) is 16.6. The van der Waals surface area contributed by atoms with Gasteiger partial charge in [0.1, 0.15) is 16.8 Å². The first-order valence-electron chi connectivity index (χ1n) is 9.52. The van der Waals surface area contributed by atoms with Gasteiger partial charge in [-0.15, -0.1) is 10.2 Å². The number of rotatable bonds is 5. The van der Waals surface area contributed by atoms with Gasteiger partial charge in [0.2, 0.25) is 0 Å². The van der Waals surface area contributed by atoms with Crippen LogP contribution in [0.2, 0.25) is 0 Å². The second-order valence-corrected chi connectivity index (χ2v) is 6.88. The highest BCUT2D eigenvalue weighted by atomic mass is 16.5. The fraction of sp³-hybridized carbons (Fsp3) is 0.174. The van der Waals surface area contributed by atoms with Crippen molar-refractivity contribution in [1.29, 1.82) is 0 Å². The van der Waals surface area contributed by atoms with Gasteiger partial charge in [-0.3, -0.25) is 4.79 Å². The van der Waals surface area contributed by atoms with Gasteiger partial charge in [0.05, 0.1) is 12.3 Å². The number of aromatic nitrogens is 3. The lowest BCUT2D eigenvalue weighted by atomic mass is 10.1. The average molecular weight is 386 g/mol. The zero-order valence-electron chi connectivity index (χ0n) is 16.6. The van der Waals surface area contributed by atoms with Gasteiger partial charge in [0, 0.05) is 11.3 Å². The first-order valence-corrected chi connectivity index (χ1v) is 9.52. The van der Waals surface area contributed by atoms with E-state index < -0.39 is 0 Å². The van der Waals surface area contributed by atoms with Crippen molar-refractivity contribution in [3.63, 3.8) is 0 Å². The largest absolute Gasteiger partial charge is 0.494 e. The molecule has 6 nitrogen and oxygen atoms in total. The van der Waals surface area contributed by atoms with Gasteiger partial charge in [-0.1, -0.05) is 12.1 Å². The number of hydrogen-bond acceptors (Lipinski definition) is 4. The lowest BCUT2D eigenvalue weighted by Gasteiger charge is -2.07. The Hall–Kier alpha value is -3.67. The fourth-order valence-corrected chi connectivity index (χ4v) is 3.05. The third-order valence-electron chi connectivity index (χ3n) is 4.77. The average Bonchev–Trinajstić information content (AvgIpc) is 3.14. The molecule has 0 aliphatic carbocycles. The van der Waals surface area contributed by atoms with Crippen LogP contribution in [0.4, 0.5) is 5.69 Å². The molecule has 1 N–H and O–H groups in total. The van der Waals surface area contributed by atoms with Crippen LogP contribution in [0.3, 0.4) is 0 Å². The van der Waals surface area contributed by atoms with Crippen LogP contribution in [-0.2, 0) is 0 Å². The number of hydrogen-bond donors (Lipinski definition) is 1. The van der Waals surface area contributed by atoms with Crippen LogP contribution >= 0.6 is 0 Å². The highest BCUT2D eigenvalue weighted by Crippen LogP contribution is 2.20. The van der Waals surface area contributed by atoms with E-state index in [-0.39, 0.29) is 5.91 Å². The van der Waals surface area contributed by atoms with Gasteiger partial charge < -0.3 is 10.1 Å². The molecule has 0 unspecified atom stereocenters. The summed E-state index contributed by atoms with van der Waals surface area (Å²) in [7, 11) is 0. The maximum Gasteiger partial charge on any atom is 0.255 e. The van der Waals surface area contributed by atoms with Crippen LogP contribution in [0.5, 0.6) is 5.75 Å². The maximum atomic E-state index is 12.6. The van der Waals surface area contributed by atoms with Crippen LogP contribution in [0.1, 0.15) is 28.4 Å². The maximum absolute atomic E-state index is 12.6. The molecule has 0 fully saturated rings. The van der Waals surface area contributed by atoms with Crippen molar-refractivity contribution < 1.29 is 9.53 Å². The minimum Gasteiger partial charge on any atom is -0.494 e. The van der Waals surface area contributed by atoms with Gasteiger partial charge in [-0.25, -0.2) is 0 Å². The van der Waals surface area contributed by atoms with E-state index in [9.17, 15) is 4.79 Å². The summed E-state index contributed by atoms with van der Waals surface area (Å²) in [6.45, 7) is 6.60. The summed E-state index contributed by atoms with van der Waals surface area (Å²) in [4.78, 5) is 14.2. The Morgan fingerprint density at radius 3 is 2.59 bits per heavy atom. The number of aryl methyl sites for hydroxylation is 2. The minimum atomic E-state index is -0.201. The Bertz CT molecular complexity index is 1200. The fourth-order valence-electron chi connectivity index (χ4n) is 3.05. The van der Waals surface area contributed by atoms with E-state index in [4.69, 9.17) is 4.74 Å². The Balaban J connectivity index is 1.58. The lowest BCUT2D eigenvalue weighted by Crippen LogP contribution is -2.11. The van der Waals surface area contributed by atoms with Crippen LogP contribution in [0, 0.1) is 13.8 Å². The molecular weight excluding hydrogens is 364 g/mol. The van der Waals surface area contributed by atoms with Crippen molar-refractivity contribution in [2.24, 2.45) is 0 Å². The number of fused-ring (bicyclic) bond motifs is 1. The molecule has 1 heterocycles. The number of nitrogens with zero attached hydrogens (tertiary/aromatic N) is 3. The highest BCUT2D eigenvalue weighted by Gasteiger charge is 2.10. The van der Waals surface area contributed by atoms with Crippen molar-refractivity contribution in [2.75, 3.05) is 11.9 Å². The highest BCUT2D eigenvalue weighted by molar-refractivity contribution is 6.05. The quantitative estimate of drug-likeness (QED) is 0.540. The van der Waals surface area contributed by atoms with Crippen LogP contribution < -0.4 is 10.1 Å². The van der Waals surface area contributed by atoms with E-state index in [1.807, 2.05) is 37.3 Å². The molecule has 29 heavy (non-hydrogen) atoms. The van der Waals surface area contributed by atoms with Gasteiger partial charge in [0.25, 0.3) is 5.91 Å². The molecule has 4 rings (SSSR count). The molecule has 0 bridgehead atoms. The predicted octanol–water partition coefficient (Wildman–Crippen LogP) is 4.69. The number of anilines is 1. The molecule has 4 aromatic rings. The molecule has 0 saturated heterocycles. The van der Waals surface area contributed by atoms with E-state index in [2.05, 4.69) is 41.5 Å². The standard InChI is InChI=1S/C23H22N4O2/c1-4-29-20-7-5-6-17(13-20)23(28)24-18-9-11-21-22(14-18)26-27(25-21)19-10-8-15(2)16(3)12-19/h5-14H,4H2,1-3H3,(H,24,28). The summed E-state index contributed by atoms with van der Waals surface area (Å²) in [6.07, 6.45) is 0. The van der Waals surface area contributed by atoms with Crippen LogP contribution in [-0.4, -0.2) is 27.5 Å². The van der Waals surface area contributed by atoms with E-state index in [1.165, 1.54) is 11.1 Å². The van der Waals surface area contributed by atoms with E-state index in [0.717, 1.165) is 11.2 Å². The molecule has 0 aliphatic heterocycles. The number of amides is 1. The molecule has 3 aromatic carbocycles. The molecule has 0 radical (unpaired) electrons. The molecule has 1 amide bonds. The molecule has 1 aromatic heterocycles. The van der Waals surface area contributed by atoms with E-state index in [1.54, 1.807) is 23.0 Å². The third-order valence-corrected chi connectivity index (χ3v) is 4.77. The summed E-state index contributed by atoms with van der Waals surface area (Å²) >= 11 is 0. The SMILES string of the molecule is CCOc1cccc(C(=O)Nc2ccc3nn(-c4ccc(C)c(C)c4)nc3c2)c1. The third kappa shape index (κ3) is 3.96. The normalized spacial score (nSPS) is 10.9. The van der Waals surface area contributed by atoms with Crippen molar-refractivity contribution >= 4 is 22.6 Å². The number of benzene rings is 3. The molecule has 0 saturated carbocycles. The summed E-state index contributed by atoms with van der Waals surface area (Å²) < 4.78 is 5.46. The molecule has 0 aliphatic rings. The van der Waals surface area contributed by atoms with Gasteiger partial charge in [-0.05, 0) is 80.4 Å². The van der Waals surface area contributed by atoms with Crippen molar-refractivity contribution in [3.05, 3.63) is 77.4 Å². The summed E-state index contributed by atoms with van der Waals surface area (Å²) in [5.41, 5.74) is 5.99. The number of nitrogens with one attached hydrogen (secondary N) is 1. The second-order valence-electron chi connectivity index (χ2n) is 6.88. The first kappa shape index (κ1) is 18.7. The molecule has 146 valence electrons. The lowest BCUT2D eigenvalue weighted by molar-refractivity contribution is 0.102. The number of ether oxygens (including phenoxy) is 1. The smallest absolute Gasteiger partial charge is 0.255 e. The molecular formula is C23H22N4O2. The molecule has 0 spiro atoms. The topological polar surface area (TPSA) is 69.0 Å². The number of carbonyl (C=O) groups is 1. The van der Waals surface area contributed by atoms with Gasteiger partial charge in [-0.2, -0.15) is 4.80 Å². The van der Waals surface area contributed by atoms with Crippen molar-refractivity contribution in [3.8, 4) is 11.4 Å². The Labute approximate surface area is 169 Å². The monoisotopic (exact) mass is 386 g/mol. The predicted molar refractivity (Wildman–Crippen MR) is 114 cm³/mol. The van der Waals surface area contributed by atoms with Crippen molar-refractivity contribution in [2.45, 2.75) is 20.8 Å². The van der Waals surface area contributed by atoms with E-state index in [0.29, 0.717) is 29.1 Å². The van der Waals surface area contributed by atoms with Crippen LogP contribution in [0.25, 0.3) is 16.7 Å².